The number of benzene rings is 2. The van der Waals surface area contributed by atoms with Crippen LogP contribution < -0.4 is 14.8 Å². The average molecular weight is 403 g/mol. The monoisotopic (exact) mass is 402 g/mol. The maximum atomic E-state index is 12.3. The number of aryl methyl sites for hydroxylation is 1. The molecule has 2 aromatic rings. The van der Waals surface area contributed by atoms with Crippen LogP contribution in [0.1, 0.15) is 43.9 Å². The van der Waals surface area contributed by atoms with Crippen LogP contribution in [-0.4, -0.2) is 27.0 Å². The Kier molecular flexibility index (Phi) is 6.36. The smallest absolute Gasteiger partial charge is 0.258 e. The number of nitrogens with one attached hydrogen (secondary N) is 2. The van der Waals surface area contributed by atoms with E-state index in [0.29, 0.717) is 5.75 Å². The zero-order valence-corrected chi connectivity index (χ0v) is 17.0. The van der Waals surface area contributed by atoms with Gasteiger partial charge in [0.2, 0.25) is 10.0 Å². The van der Waals surface area contributed by atoms with Gasteiger partial charge in [-0.05, 0) is 68.5 Å². The van der Waals surface area contributed by atoms with Crippen molar-refractivity contribution >= 4 is 15.9 Å². The molecule has 0 saturated heterocycles. The predicted octanol–water partition coefficient (Wildman–Crippen LogP) is 2.95. The van der Waals surface area contributed by atoms with E-state index in [9.17, 15) is 13.2 Å². The van der Waals surface area contributed by atoms with Crippen LogP contribution in [0.25, 0.3) is 0 Å². The lowest BCUT2D eigenvalue weighted by atomic mass is 9.88. The SMILES string of the molecule is CC(C)NS(=O)(=O)c1ccc(OCC(=O)N[C@H]2CCCc3ccccc32)cc1. The number of hydrogen-bond donors (Lipinski definition) is 2. The van der Waals surface area contributed by atoms with Crippen LogP contribution in [-0.2, 0) is 21.2 Å². The number of rotatable bonds is 7. The average Bonchev–Trinajstić information content (AvgIpc) is 2.66. The van der Waals surface area contributed by atoms with Gasteiger partial charge < -0.3 is 10.1 Å². The quantitative estimate of drug-likeness (QED) is 0.746. The zero-order valence-electron chi connectivity index (χ0n) is 16.1. The largest absolute Gasteiger partial charge is 0.484 e. The maximum Gasteiger partial charge on any atom is 0.258 e. The molecule has 0 fully saturated rings. The highest BCUT2D eigenvalue weighted by Crippen LogP contribution is 2.29. The van der Waals surface area contributed by atoms with Crippen LogP contribution in [0.2, 0.25) is 0 Å². The first-order valence-corrected chi connectivity index (χ1v) is 11.0. The molecule has 6 nitrogen and oxygen atoms in total. The summed E-state index contributed by atoms with van der Waals surface area (Å²) in [5.74, 6) is 0.252. The highest BCUT2D eigenvalue weighted by atomic mass is 32.2. The topological polar surface area (TPSA) is 84.5 Å². The summed E-state index contributed by atoms with van der Waals surface area (Å²) in [5, 5.41) is 3.03. The van der Waals surface area contributed by atoms with Gasteiger partial charge in [-0.25, -0.2) is 13.1 Å². The van der Waals surface area contributed by atoms with Crippen LogP contribution in [0.5, 0.6) is 5.75 Å². The molecule has 1 atom stereocenters. The van der Waals surface area contributed by atoms with Gasteiger partial charge in [0.05, 0.1) is 10.9 Å². The zero-order chi connectivity index (χ0) is 20.1. The number of ether oxygens (including phenoxy) is 1. The third-order valence-corrected chi connectivity index (χ3v) is 6.27. The Morgan fingerprint density at radius 3 is 2.57 bits per heavy atom. The highest BCUT2D eigenvalue weighted by molar-refractivity contribution is 7.89. The summed E-state index contributed by atoms with van der Waals surface area (Å²) in [6.07, 6.45) is 3.00. The van der Waals surface area contributed by atoms with Crippen molar-refractivity contribution in [1.82, 2.24) is 10.0 Å². The van der Waals surface area contributed by atoms with Crippen molar-refractivity contribution in [3.05, 3.63) is 59.7 Å². The van der Waals surface area contributed by atoms with Gasteiger partial charge in [0.1, 0.15) is 5.75 Å². The van der Waals surface area contributed by atoms with Crippen molar-refractivity contribution < 1.29 is 17.9 Å². The first-order chi connectivity index (χ1) is 13.3. The highest BCUT2D eigenvalue weighted by Gasteiger charge is 2.21. The van der Waals surface area contributed by atoms with E-state index in [0.717, 1.165) is 19.3 Å². The number of sulfonamides is 1. The van der Waals surface area contributed by atoms with Gasteiger partial charge >= 0.3 is 0 Å². The van der Waals surface area contributed by atoms with E-state index in [1.54, 1.807) is 26.0 Å². The van der Waals surface area contributed by atoms with Crippen LogP contribution in [0.4, 0.5) is 0 Å². The van der Waals surface area contributed by atoms with Crippen molar-refractivity contribution in [2.24, 2.45) is 0 Å². The van der Waals surface area contributed by atoms with Gasteiger partial charge in [0.15, 0.2) is 6.61 Å². The Morgan fingerprint density at radius 2 is 1.86 bits per heavy atom. The molecule has 1 aliphatic rings. The number of carbonyl (C=O) groups is 1. The van der Waals surface area contributed by atoms with Crippen LogP contribution in [0, 0.1) is 0 Å². The van der Waals surface area contributed by atoms with Crippen LogP contribution >= 0.6 is 0 Å². The van der Waals surface area contributed by atoms with E-state index in [2.05, 4.69) is 22.2 Å². The summed E-state index contributed by atoms with van der Waals surface area (Å²) >= 11 is 0. The summed E-state index contributed by atoms with van der Waals surface area (Å²) in [4.78, 5) is 12.5. The Balaban J connectivity index is 1.56. The number of amides is 1. The van der Waals surface area contributed by atoms with Crippen LogP contribution in [0.3, 0.4) is 0 Å². The van der Waals surface area contributed by atoms with Crippen molar-refractivity contribution in [2.45, 2.75) is 50.1 Å². The lowest BCUT2D eigenvalue weighted by Crippen LogP contribution is -2.34. The Bertz CT molecular complexity index is 924. The van der Waals surface area contributed by atoms with Crippen LogP contribution in [0.15, 0.2) is 53.4 Å². The second kappa shape index (κ2) is 8.75. The molecule has 28 heavy (non-hydrogen) atoms. The summed E-state index contributed by atoms with van der Waals surface area (Å²) in [7, 11) is -3.54. The van der Waals surface area contributed by atoms with Gasteiger partial charge in [0, 0.05) is 6.04 Å². The summed E-state index contributed by atoms with van der Waals surface area (Å²) < 4.78 is 32.3. The molecule has 0 radical (unpaired) electrons. The molecule has 1 amide bonds. The molecule has 0 spiro atoms. The first kappa shape index (κ1) is 20.4. The number of hydrogen-bond acceptors (Lipinski definition) is 4. The first-order valence-electron chi connectivity index (χ1n) is 9.47. The van der Waals surface area contributed by atoms with E-state index >= 15 is 0 Å². The van der Waals surface area contributed by atoms with E-state index in [-0.39, 0.29) is 29.5 Å². The molecule has 2 N–H and O–H groups in total. The van der Waals surface area contributed by atoms with Gasteiger partial charge in [-0.1, -0.05) is 24.3 Å². The van der Waals surface area contributed by atoms with Crippen molar-refractivity contribution in [3.63, 3.8) is 0 Å². The Labute approximate surface area is 166 Å². The minimum absolute atomic E-state index is 0.00989. The minimum atomic E-state index is -3.54. The number of carbonyl (C=O) groups excluding carboxylic acids is 1. The third-order valence-electron chi connectivity index (χ3n) is 4.60. The van der Waals surface area contributed by atoms with E-state index in [1.807, 2.05) is 12.1 Å². The fraction of sp³-hybridized carbons (Fsp3) is 0.381. The molecule has 0 saturated carbocycles. The predicted molar refractivity (Wildman–Crippen MR) is 108 cm³/mol. The fourth-order valence-electron chi connectivity index (χ4n) is 3.38. The second-order valence-corrected chi connectivity index (χ2v) is 8.96. The van der Waals surface area contributed by atoms with Crippen molar-refractivity contribution in [3.8, 4) is 5.75 Å². The summed E-state index contributed by atoms with van der Waals surface area (Å²) in [6, 6.07) is 14.0. The van der Waals surface area contributed by atoms with Crippen molar-refractivity contribution in [1.29, 1.82) is 0 Å². The fourth-order valence-corrected chi connectivity index (χ4v) is 4.63. The molecule has 1 aliphatic carbocycles. The molecule has 7 heteroatoms. The molecule has 2 aromatic carbocycles. The number of fused-ring (bicyclic) bond motifs is 1. The summed E-state index contributed by atoms with van der Waals surface area (Å²) in [5.41, 5.74) is 2.46. The minimum Gasteiger partial charge on any atom is -0.484 e. The molecular weight excluding hydrogens is 376 g/mol. The molecule has 0 bridgehead atoms. The Morgan fingerprint density at radius 1 is 1.14 bits per heavy atom. The van der Waals surface area contributed by atoms with Gasteiger partial charge in [0.25, 0.3) is 5.91 Å². The lowest BCUT2D eigenvalue weighted by molar-refractivity contribution is -0.124. The van der Waals surface area contributed by atoms with E-state index < -0.39 is 10.0 Å². The van der Waals surface area contributed by atoms with E-state index in [4.69, 9.17) is 4.74 Å². The molecule has 0 aliphatic heterocycles. The lowest BCUT2D eigenvalue weighted by Gasteiger charge is -2.26. The Hall–Kier alpha value is -2.38. The third kappa shape index (κ3) is 5.11. The molecular formula is C21H26N2O4S. The molecule has 3 rings (SSSR count). The van der Waals surface area contributed by atoms with E-state index in [1.165, 1.54) is 23.3 Å². The molecule has 150 valence electrons. The normalized spacial score (nSPS) is 16.5. The maximum absolute atomic E-state index is 12.3. The standard InChI is InChI=1S/C21H26N2O4S/c1-15(2)23-28(25,26)18-12-10-17(11-13-18)27-14-21(24)22-20-9-5-7-16-6-3-4-8-19(16)20/h3-4,6,8,10-13,15,20,23H,5,7,9,14H2,1-2H3,(H,22,24)/t20-/m0/s1. The van der Waals surface area contributed by atoms with Gasteiger partial charge in [-0.3, -0.25) is 4.79 Å². The molecule has 0 heterocycles. The molecule has 0 unspecified atom stereocenters. The second-order valence-electron chi connectivity index (χ2n) is 7.25. The van der Waals surface area contributed by atoms with Gasteiger partial charge in [-0.2, -0.15) is 0 Å². The summed E-state index contributed by atoms with van der Waals surface area (Å²) in [6.45, 7) is 3.41. The van der Waals surface area contributed by atoms with Gasteiger partial charge in [-0.15, -0.1) is 0 Å². The molecule has 0 aromatic heterocycles. The van der Waals surface area contributed by atoms with Crippen molar-refractivity contribution in [2.75, 3.05) is 6.61 Å².